The number of halogens is 1. The Balaban J connectivity index is 2.20. The highest BCUT2D eigenvalue weighted by atomic mass is 79.9. The van der Waals surface area contributed by atoms with Gasteiger partial charge in [-0.1, -0.05) is 28.9 Å². The highest BCUT2D eigenvalue weighted by Gasteiger charge is 2.31. The lowest BCUT2D eigenvalue weighted by Gasteiger charge is -2.26. The molecule has 0 bridgehead atoms. The zero-order chi connectivity index (χ0) is 14.5. The average molecular weight is 342 g/mol. The lowest BCUT2D eigenvalue weighted by Crippen LogP contribution is -2.32. The van der Waals surface area contributed by atoms with Gasteiger partial charge < -0.3 is 14.8 Å². The summed E-state index contributed by atoms with van der Waals surface area (Å²) in [6, 6.07) is 6.44. The number of likely N-dealkylation sites (N-methyl/N-ethyl adjacent to an activating group) is 1. The van der Waals surface area contributed by atoms with Crippen molar-refractivity contribution < 1.29 is 9.47 Å². The molecule has 1 aliphatic rings. The summed E-state index contributed by atoms with van der Waals surface area (Å²) in [6.07, 6.45) is 2.86. The van der Waals surface area contributed by atoms with Gasteiger partial charge in [-0.15, -0.1) is 0 Å². The van der Waals surface area contributed by atoms with Crippen molar-refractivity contribution in [2.75, 3.05) is 13.2 Å². The van der Waals surface area contributed by atoms with Crippen molar-refractivity contribution >= 4 is 15.9 Å². The topological polar surface area (TPSA) is 30.5 Å². The second kappa shape index (κ2) is 7.43. The van der Waals surface area contributed by atoms with Crippen molar-refractivity contribution in [1.29, 1.82) is 0 Å². The van der Waals surface area contributed by atoms with Gasteiger partial charge in [0.15, 0.2) is 0 Å². The van der Waals surface area contributed by atoms with Gasteiger partial charge in [-0.05, 0) is 50.9 Å². The van der Waals surface area contributed by atoms with Crippen LogP contribution in [0, 0.1) is 0 Å². The van der Waals surface area contributed by atoms with Crippen LogP contribution >= 0.6 is 15.9 Å². The standard InChI is InChI=1S/C16H24BrNO2/c1-4-18-16(15-9-6-11(3)20-15)13-8-7-12(19-5-2)10-14(13)17/h7-8,10-11,15-16,18H,4-6,9H2,1-3H3. The molecule has 1 aliphatic heterocycles. The second-order valence-electron chi connectivity index (χ2n) is 5.21. The zero-order valence-electron chi connectivity index (χ0n) is 12.5. The summed E-state index contributed by atoms with van der Waals surface area (Å²) in [6.45, 7) is 7.89. The highest BCUT2D eigenvalue weighted by Crippen LogP contribution is 2.35. The van der Waals surface area contributed by atoms with Crippen molar-refractivity contribution in [2.45, 2.75) is 51.9 Å². The second-order valence-corrected chi connectivity index (χ2v) is 6.07. The molecule has 1 heterocycles. The van der Waals surface area contributed by atoms with Gasteiger partial charge in [0.25, 0.3) is 0 Å². The van der Waals surface area contributed by atoms with E-state index < -0.39 is 0 Å². The van der Waals surface area contributed by atoms with E-state index in [-0.39, 0.29) is 12.1 Å². The van der Waals surface area contributed by atoms with Crippen molar-refractivity contribution in [3.8, 4) is 5.75 Å². The van der Waals surface area contributed by atoms with Crippen LogP contribution in [0.2, 0.25) is 0 Å². The first-order valence-electron chi connectivity index (χ1n) is 7.46. The van der Waals surface area contributed by atoms with Crippen LogP contribution in [0.1, 0.15) is 45.2 Å². The molecule has 1 aromatic rings. The molecule has 1 saturated heterocycles. The van der Waals surface area contributed by atoms with E-state index in [0.717, 1.165) is 29.6 Å². The van der Waals surface area contributed by atoms with E-state index in [1.54, 1.807) is 0 Å². The Hall–Kier alpha value is -0.580. The number of benzene rings is 1. The van der Waals surface area contributed by atoms with E-state index in [0.29, 0.717) is 12.7 Å². The fraction of sp³-hybridized carbons (Fsp3) is 0.625. The van der Waals surface area contributed by atoms with Crippen LogP contribution in [0.5, 0.6) is 5.75 Å². The molecule has 0 radical (unpaired) electrons. The van der Waals surface area contributed by atoms with Gasteiger partial charge in [0.1, 0.15) is 5.75 Å². The largest absolute Gasteiger partial charge is 0.494 e. The van der Waals surface area contributed by atoms with Gasteiger partial charge >= 0.3 is 0 Å². The van der Waals surface area contributed by atoms with Crippen molar-refractivity contribution in [3.05, 3.63) is 28.2 Å². The highest BCUT2D eigenvalue weighted by molar-refractivity contribution is 9.10. The molecule has 0 aromatic heterocycles. The van der Waals surface area contributed by atoms with Crippen LogP contribution < -0.4 is 10.1 Å². The third kappa shape index (κ3) is 3.74. The first-order valence-corrected chi connectivity index (χ1v) is 8.26. The Bertz CT molecular complexity index is 438. The maximum Gasteiger partial charge on any atom is 0.120 e. The van der Waals surface area contributed by atoms with Gasteiger partial charge in [-0.2, -0.15) is 0 Å². The van der Waals surface area contributed by atoms with Crippen LogP contribution in [0.15, 0.2) is 22.7 Å². The number of hydrogen-bond donors (Lipinski definition) is 1. The summed E-state index contributed by atoms with van der Waals surface area (Å²) in [7, 11) is 0. The number of ether oxygens (including phenoxy) is 2. The zero-order valence-corrected chi connectivity index (χ0v) is 14.1. The maximum absolute atomic E-state index is 6.05. The Kier molecular flexibility index (Phi) is 5.87. The van der Waals surface area contributed by atoms with E-state index in [1.807, 2.05) is 19.1 Å². The maximum atomic E-state index is 6.05. The van der Waals surface area contributed by atoms with Gasteiger partial charge in [0.2, 0.25) is 0 Å². The summed E-state index contributed by atoms with van der Waals surface area (Å²) in [5.41, 5.74) is 1.24. The Morgan fingerprint density at radius 3 is 2.75 bits per heavy atom. The molecule has 1 fully saturated rings. The summed E-state index contributed by atoms with van der Waals surface area (Å²) in [5.74, 6) is 0.902. The van der Waals surface area contributed by atoms with Crippen molar-refractivity contribution in [1.82, 2.24) is 5.32 Å². The summed E-state index contributed by atoms with van der Waals surface area (Å²) in [5, 5.41) is 3.56. The molecule has 3 nitrogen and oxygen atoms in total. The van der Waals surface area contributed by atoms with Crippen molar-refractivity contribution in [2.24, 2.45) is 0 Å². The summed E-state index contributed by atoms with van der Waals surface area (Å²) in [4.78, 5) is 0. The molecule has 0 spiro atoms. The molecule has 3 atom stereocenters. The normalized spacial score (nSPS) is 23.8. The van der Waals surface area contributed by atoms with Gasteiger partial charge in [0, 0.05) is 4.47 Å². The first kappa shape index (κ1) is 15.8. The van der Waals surface area contributed by atoms with E-state index in [2.05, 4.69) is 41.2 Å². The van der Waals surface area contributed by atoms with Gasteiger partial charge in [-0.3, -0.25) is 0 Å². The predicted molar refractivity (Wildman–Crippen MR) is 85.3 cm³/mol. The molecule has 4 heteroatoms. The van der Waals surface area contributed by atoms with Gasteiger partial charge in [0.05, 0.1) is 24.9 Å². The minimum absolute atomic E-state index is 0.231. The molecule has 20 heavy (non-hydrogen) atoms. The van der Waals surface area contributed by atoms with Gasteiger partial charge in [-0.25, -0.2) is 0 Å². The molecule has 112 valence electrons. The minimum atomic E-state index is 0.231. The first-order chi connectivity index (χ1) is 9.65. The third-order valence-electron chi connectivity index (χ3n) is 3.68. The fourth-order valence-corrected chi connectivity index (χ4v) is 3.36. The average Bonchev–Trinajstić information content (AvgIpc) is 2.84. The molecule has 0 aliphatic carbocycles. The Morgan fingerprint density at radius 1 is 1.40 bits per heavy atom. The number of rotatable bonds is 6. The number of hydrogen-bond acceptors (Lipinski definition) is 3. The molecular formula is C16H24BrNO2. The van der Waals surface area contributed by atoms with Crippen LogP contribution in [0.3, 0.4) is 0 Å². The molecule has 3 unspecified atom stereocenters. The van der Waals surface area contributed by atoms with E-state index in [4.69, 9.17) is 9.47 Å². The van der Waals surface area contributed by atoms with Crippen LogP contribution in [-0.2, 0) is 4.74 Å². The molecular weight excluding hydrogens is 318 g/mol. The smallest absolute Gasteiger partial charge is 0.120 e. The lowest BCUT2D eigenvalue weighted by molar-refractivity contribution is 0.0318. The third-order valence-corrected chi connectivity index (χ3v) is 4.37. The summed E-state index contributed by atoms with van der Waals surface area (Å²) < 4.78 is 12.7. The van der Waals surface area contributed by atoms with Crippen LogP contribution in [0.25, 0.3) is 0 Å². The minimum Gasteiger partial charge on any atom is -0.494 e. The Labute approximate surface area is 130 Å². The lowest BCUT2D eigenvalue weighted by atomic mass is 9.99. The molecule has 0 amide bonds. The summed E-state index contributed by atoms with van der Waals surface area (Å²) >= 11 is 3.67. The molecule has 1 aromatic carbocycles. The number of nitrogens with one attached hydrogen (secondary N) is 1. The quantitative estimate of drug-likeness (QED) is 0.846. The van der Waals surface area contributed by atoms with E-state index in [9.17, 15) is 0 Å². The molecule has 0 saturated carbocycles. The predicted octanol–water partition coefficient (Wildman–Crippen LogP) is 4.07. The fourth-order valence-electron chi connectivity index (χ4n) is 2.76. The van der Waals surface area contributed by atoms with E-state index >= 15 is 0 Å². The van der Waals surface area contributed by atoms with Crippen LogP contribution in [0.4, 0.5) is 0 Å². The Morgan fingerprint density at radius 2 is 2.20 bits per heavy atom. The van der Waals surface area contributed by atoms with Crippen LogP contribution in [-0.4, -0.2) is 25.4 Å². The monoisotopic (exact) mass is 341 g/mol. The van der Waals surface area contributed by atoms with Crippen molar-refractivity contribution in [3.63, 3.8) is 0 Å². The molecule has 1 N–H and O–H groups in total. The SMILES string of the molecule is CCNC(c1ccc(OCC)cc1Br)C1CCC(C)O1. The van der Waals surface area contributed by atoms with E-state index in [1.165, 1.54) is 5.56 Å². The molecule has 2 rings (SSSR count).